The maximum absolute atomic E-state index is 12.9. The summed E-state index contributed by atoms with van der Waals surface area (Å²) < 4.78 is 19.0. The summed E-state index contributed by atoms with van der Waals surface area (Å²) in [6.45, 7) is 0. The Morgan fingerprint density at radius 3 is 2.47 bits per heavy atom. The van der Waals surface area contributed by atoms with Gasteiger partial charge in [-0.05, 0) is 52.3 Å². The molecule has 1 aromatic heterocycles. The van der Waals surface area contributed by atoms with Gasteiger partial charge in [0.2, 0.25) is 5.82 Å². The van der Waals surface area contributed by atoms with E-state index in [-0.39, 0.29) is 5.82 Å². The average molecular weight is 319 g/mol. The molecule has 0 saturated carbocycles. The fraction of sp³-hybridized carbons (Fsp3) is 0. The van der Waals surface area contributed by atoms with Crippen LogP contribution in [-0.4, -0.2) is 10.1 Å². The number of hydrogen-bond acceptors (Lipinski definition) is 3. The van der Waals surface area contributed by atoms with E-state index in [1.165, 1.54) is 12.1 Å². The Bertz CT molecular complexity index is 709. The van der Waals surface area contributed by atoms with Crippen LogP contribution in [0.5, 0.6) is 0 Å². The van der Waals surface area contributed by atoms with E-state index in [2.05, 4.69) is 26.1 Å². The summed E-state index contributed by atoms with van der Waals surface area (Å²) in [5.41, 5.74) is 1.53. The highest BCUT2D eigenvalue weighted by atomic mass is 79.9. The van der Waals surface area contributed by atoms with E-state index in [1.54, 1.807) is 12.1 Å². The Hall–Kier alpha value is -2.01. The van der Waals surface area contributed by atoms with E-state index in [4.69, 9.17) is 4.52 Å². The molecule has 0 bridgehead atoms. The summed E-state index contributed by atoms with van der Waals surface area (Å²) in [5, 5.41) is 3.90. The number of aromatic nitrogens is 2. The van der Waals surface area contributed by atoms with Gasteiger partial charge in [0.1, 0.15) is 5.82 Å². The lowest BCUT2D eigenvalue weighted by atomic mass is 10.2. The lowest BCUT2D eigenvalue weighted by molar-refractivity contribution is 0.432. The Kier molecular flexibility index (Phi) is 3.13. The Morgan fingerprint density at radius 2 is 1.74 bits per heavy atom. The van der Waals surface area contributed by atoms with Crippen molar-refractivity contribution in [2.24, 2.45) is 0 Å². The van der Waals surface area contributed by atoms with Crippen molar-refractivity contribution in [3.63, 3.8) is 0 Å². The highest BCUT2D eigenvalue weighted by molar-refractivity contribution is 9.10. The molecular weight excluding hydrogens is 311 g/mol. The van der Waals surface area contributed by atoms with Crippen molar-refractivity contribution < 1.29 is 8.91 Å². The second-order valence-corrected chi connectivity index (χ2v) is 4.76. The number of rotatable bonds is 2. The lowest BCUT2D eigenvalue weighted by Gasteiger charge is -1.96. The first-order valence-corrected chi connectivity index (χ1v) is 6.38. The summed E-state index contributed by atoms with van der Waals surface area (Å²) in [5.74, 6) is 0.566. The Labute approximate surface area is 117 Å². The average Bonchev–Trinajstić information content (AvgIpc) is 2.89. The summed E-state index contributed by atoms with van der Waals surface area (Å²) in [7, 11) is 0. The Morgan fingerprint density at radius 1 is 1.00 bits per heavy atom. The molecule has 3 aromatic rings. The van der Waals surface area contributed by atoms with Crippen LogP contribution in [0.2, 0.25) is 0 Å². The van der Waals surface area contributed by atoms with Gasteiger partial charge in [0.05, 0.1) is 5.56 Å². The standard InChI is InChI=1S/C14H8BrFN2O/c15-12-4-2-1-3-11(12)14-17-13(18-19-14)9-5-7-10(16)8-6-9/h1-8H. The van der Waals surface area contributed by atoms with Gasteiger partial charge in [0.15, 0.2) is 0 Å². The predicted octanol–water partition coefficient (Wildman–Crippen LogP) is 4.31. The van der Waals surface area contributed by atoms with Crippen LogP contribution >= 0.6 is 15.9 Å². The van der Waals surface area contributed by atoms with Gasteiger partial charge in [0.25, 0.3) is 5.89 Å². The molecule has 0 unspecified atom stereocenters. The molecule has 2 aromatic carbocycles. The fourth-order valence-electron chi connectivity index (χ4n) is 1.68. The van der Waals surface area contributed by atoms with E-state index < -0.39 is 0 Å². The number of halogens is 2. The lowest BCUT2D eigenvalue weighted by Crippen LogP contribution is -1.82. The van der Waals surface area contributed by atoms with E-state index in [0.717, 1.165) is 10.0 Å². The van der Waals surface area contributed by atoms with Crippen LogP contribution in [-0.2, 0) is 0 Å². The first-order valence-electron chi connectivity index (χ1n) is 5.58. The third-order valence-corrected chi connectivity index (χ3v) is 3.32. The number of benzene rings is 2. The zero-order valence-electron chi connectivity index (χ0n) is 9.68. The second kappa shape index (κ2) is 4.93. The molecular formula is C14H8BrFN2O. The normalized spacial score (nSPS) is 10.6. The Balaban J connectivity index is 2.00. The highest BCUT2D eigenvalue weighted by Crippen LogP contribution is 2.28. The van der Waals surface area contributed by atoms with Crippen molar-refractivity contribution in [1.82, 2.24) is 10.1 Å². The van der Waals surface area contributed by atoms with Crippen LogP contribution < -0.4 is 0 Å². The molecule has 0 atom stereocenters. The molecule has 94 valence electrons. The van der Waals surface area contributed by atoms with Gasteiger partial charge in [-0.15, -0.1) is 0 Å². The summed E-state index contributed by atoms with van der Waals surface area (Å²) in [6, 6.07) is 13.5. The van der Waals surface area contributed by atoms with Crippen molar-refractivity contribution in [2.45, 2.75) is 0 Å². The number of nitrogens with zero attached hydrogens (tertiary/aromatic N) is 2. The van der Waals surface area contributed by atoms with Crippen LogP contribution in [0, 0.1) is 5.82 Å². The van der Waals surface area contributed by atoms with Crippen molar-refractivity contribution in [3.8, 4) is 22.8 Å². The van der Waals surface area contributed by atoms with E-state index in [9.17, 15) is 4.39 Å². The quantitative estimate of drug-likeness (QED) is 0.707. The smallest absolute Gasteiger partial charge is 0.259 e. The molecule has 3 nitrogen and oxygen atoms in total. The summed E-state index contributed by atoms with van der Waals surface area (Å²) >= 11 is 3.43. The summed E-state index contributed by atoms with van der Waals surface area (Å²) in [4.78, 5) is 4.31. The minimum atomic E-state index is -0.293. The zero-order chi connectivity index (χ0) is 13.2. The van der Waals surface area contributed by atoms with E-state index in [1.807, 2.05) is 24.3 Å². The van der Waals surface area contributed by atoms with Gasteiger partial charge >= 0.3 is 0 Å². The van der Waals surface area contributed by atoms with E-state index in [0.29, 0.717) is 17.3 Å². The molecule has 0 aliphatic heterocycles. The van der Waals surface area contributed by atoms with Gasteiger partial charge in [-0.2, -0.15) is 4.98 Å². The second-order valence-electron chi connectivity index (χ2n) is 3.91. The molecule has 0 fully saturated rings. The van der Waals surface area contributed by atoms with Crippen LogP contribution in [0.1, 0.15) is 0 Å². The molecule has 0 N–H and O–H groups in total. The molecule has 3 rings (SSSR count). The van der Waals surface area contributed by atoms with Crippen molar-refractivity contribution >= 4 is 15.9 Å². The molecule has 0 amide bonds. The molecule has 0 aliphatic rings. The maximum atomic E-state index is 12.9. The van der Waals surface area contributed by atoms with Crippen LogP contribution in [0.25, 0.3) is 22.8 Å². The minimum Gasteiger partial charge on any atom is -0.334 e. The monoisotopic (exact) mass is 318 g/mol. The molecule has 0 aliphatic carbocycles. The first-order chi connectivity index (χ1) is 9.24. The summed E-state index contributed by atoms with van der Waals surface area (Å²) in [6.07, 6.45) is 0. The van der Waals surface area contributed by atoms with Gasteiger partial charge in [-0.25, -0.2) is 4.39 Å². The van der Waals surface area contributed by atoms with Crippen LogP contribution in [0.4, 0.5) is 4.39 Å². The third-order valence-electron chi connectivity index (χ3n) is 2.63. The molecule has 0 radical (unpaired) electrons. The van der Waals surface area contributed by atoms with Crippen molar-refractivity contribution in [1.29, 1.82) is 0 Å². The van der Waals surface area contributed by atoms with Gasteiger partial charge in [0, 0.05) is 10.0 Å². The fourth-order valence-corrected chi connectivity index (χ4v) is 2.14. The first kappa shape index (κ1) is 12.0. The van der Waals surface area contributed by atoms with Crippen LogP contribution in [0.15, 0.2) is 57.5 Å². The SMILES string of the molecule is Fc1ccc(-c2noc(-c3ccccc3Br)n2)cc1. The molecule has 19 heavy (non-hydrogen) atoms. The third kappa shape index (κ3) is 2.42. The topological polar surface area (TPSA) is 38.9 Å². The van der Waals surface area contributed by atoms with Gasteiger partial charge < -0.3 is 4.52 Å². The molecule has 0 saturated heterocycles. The molecule has 0 spiro atoms. The van der Waals surface area contributed by atoms with Crippen LogP contribution in [0.3, 0.4) is 0 Å². The predicted molar refractivity (Wildman–Crippen MR) is 72.8 cm³/mol. The zero-order valence-corrected chi connectivity index (χ0v) is 11.3. The van der Waals surface area contributed by atoms with E-state index >= 15 is 0 Å². The number of hydrogen-bond donors (Lipinski definition) is 0. The largest absolute Gasteiger partial charge is 0.334 e. The van der Waals surface area contributed by atoms with Crippen molar-refractivity contribution in [2.75, 3.05) is 0 Å². The molecule has 5 heteroatoms. The van der Waals surface area contributed by atoms with Gasteiger partial charge in [-0.1, -0.05) is 17.3 Å². The van der Waals surface area contributed by atoms with Crippen molar-refractivity contribution in [3.05, 3.63) is 58.8 Å². The minimum absolute atomic E-state index is 0.293. The highest BCUT2D eigenvalue weighted by Gasteiger charge is 2.12. The molecule has 1 heterocycles. The maximum Gasteiger partial charge on any atom is 0.259 e. The van der Waals surface area contributed by atoms with Gasteiger partial charge in [-0.3, -0.25) is 0 Å².